The molecule has 2 heterocycles. The molecule has 5 nitrogen and oxygen atoms in total. The number of nitrogens with zero attached hydrogens (tertiary/aromatic N) is 1. The van der Waals surface area contributed by atoms with Crippen LogP contribution in [0, 0.1) is 0 Å². The van der Waals surface area contributed by atoms with E-state index in [1.807, 2.05) is 18.2 Å². The van der Waals surface area contributed by atoms with Crippen molar-refractivity contribution >= 4 is 17.2 Å². The van der Waals surface area contributed by atoms with Crippen molar-refractivity contribution in [2.75, 3.05) is 6.54 Å². The third-order valence-corrected chi connectivity index (χ3v) is 4.62. The van der Waals surface area contributed by atoms with Crippen molar-refractivity contribution in [2.45, 2.75) is 31.9 Å². The van der Waals surface area contributed by atoms with Crippen LogP contribution in [0.25, 0.3) is 0 Å². The van der Waals surface area contributed by atoms with E-state index in [0.29, 0.717) is 11.4 Å². The number of nitrogens with one attached hydrogen (secondary N) is 1. The highest BCUT2D eigenvalue weighted by Gasteiger charge is 2.10. The minimum atomic E-state index is -0.556. The third-order valence-electron chi connectivity index (χ3n) is 3.46. The largest absolute Gasteiger partial charge is 0.387 e. The number of thiophene rings is 1. The minimum Gasteiger partial charge on any atom is -0.387 e. The van der Waals surface area contributed by atoms with E-state index in [0.717, 1.165) is 23.3 Å². The van der Waals surface area contributed by atoms with Gasteiger partial charge in [-0.15, -0.1) is 11.3 Å². The van der Waals surface area contributed by atoms with Gasteiger partial charge in [-0.2, -0.15) is 0 Å². The van der Waals surface area contributed by atoms with Gasteiger partial charge < -0.3 is 16.2 Å². The van der Waals surface area contributed by atoms with Gasteiger partial charge in [0, 0.05) is 35.4 Å². The van der Waals surface area contributed by atoms with Crippen LogP contribution in [-0.2, 0) is 6.42 Å². The van der Waals surface area contributed by atoms with Crippen molar-refractivity contribution in [3.8, 4) is 0 Å². The maximum Gasteiger partial charge on any atom is 0.258 e. The number of amides is 1. The molecule has 2 rings (SSSR count). The van der Waals surface area contributed by atoms with Gasteiger partial charge >= 0.3 is 0 Å². The number of hydrogen-bond donors (Lipinski definition) is 3. The summed E-state index contributed by atoms with van der Waals surface area (Å²) in [5.41, 5.74) is 6.06. The number of nitrogens with two attached hydrogens (primary N) is 1. The number of aryl methyl sites for hydroxylation is 1. The Morgan fingerprint density at radius 3 is 2.91 bits per heavy atom. The molecule has 2 aromatic rings. The van der Waals surface area contributed by atoms with Crippen molar-refractivity contribution in [3.05, 3.63) is 52.0 Å². The standard InChI is InChI=1S/C16H21N3O2S/c1-11(4-5-13-6-7-15(22-13)16(17)21)19-10-14(20)12-3-2-8-18-9-12/h2-3,6-9,11,14,19-20H,4-5,10H2,1H3,(H2,17,21)/t11-,14+/m0/s1. The Morgan fingerprint density at radius 1 is 1.45 bits per heavy atom. The number of rotatable bonds is 8. The first-order chi connectivity index (χ1) is 10.6. The summed E-state index contributed by atoms with van der Waals surface area (Å²) in [6.07, 6.45) is 4.62. The maximum absolute atomic E-state index is 11.1. The van der Waals surface area contributed by atoms with E-state index in [2.05, 4.69) is 17.2 Å². The van der Waals surface area contributed by atoms with Crippen LogP contribution in [0.4, 0.5) is 0 Å². The molecule has 0 radical (unpaired) electrons. The summed E-state index contributed by atoms with van der Waals surface area (Å²) >= 11 is 1.44. The summed E-state index contributed by atoms with van der Waals surface area (Å²) in [5, 5.41) is 13.4. The molecule has 0 saturated carbocycles. The third kappa shape index (κ3) is 4.91. The van der Waals surface area contributed by atoms with Crippen LogP contribution in [0.2, 0.25) is 0 Å². The molecule has 2 aromatic heterocycles. The molecule has 22 heavy (non-hydrogen) atoms. The fraction of sp³-hybridized carbons (Fsp3) is 0.375. The predicted octanol–water partition coefficient (Wildman–Crippen LogP) is 1.89. The van der Waals surface area contributed by atoms with Crippen LogP contribution in [-0.4, -0.2) is 28.6 Å². The molecule has 0 unspecified atom stereocenters. The van der Waals surface area contributed by atoms with Gasteiger partial charge in [-0.1, -0.05) is 6.07 Å². The van der Waals surface area contributed by atoms with E-state index >= 15 is 0 Å². The molecule has 0 saturated heterocycles. The highest BCUT2D eigenvalue weighted by atomic mass is 32.1. The number of aliphatic hydroxyl groups excluding tert-OH is 1. The van der Waals surface area contributed by atoms with Crippen molar-refractivity contribution in [2.24, 2.45) is 5.73 Å². The van der Waals surface area contributed by atoms with Gasteiger partial charge in [-0.3, -0.25) is 9.78 Å². The average Bonchev–Trinajstić information content (AvgIpc) is 3.00. The van der Waals surface area contributed by atoms with Crippen molar-refractivity contribution < 1.29 is 9.90 Å². The van der Waals surface area contributed by atoms with E-state index in [4.69, 9.17) is 5.73 Å². The fourth-order valence-corrected chi connectivity index (χ4v) is 2.98. The lowest BCUT2D eigenvalue weighted by atomic mass is 10.1. The highest BCUT2D eigenvalue weighted by Crippen LogP contribution is 2.18. The van der Waals surface area contributed by atoms with Crippen molar-refractivity contribution in [1.82, 2.24) is 10.3 Å². The maximum atomic E-state index is 11.1. The molecular weight excluding hydrogens is 298 g/mol. The first-order valence-corrected chi connectivity index (χ1v) is 8.08. The lowest BCUT2D eigenvalue weighted by Crippen LogP contribution is -2.30. The molecule has 0 fully saturated rings. The molecule has 0 aromatic carbocycles. The van der Waals surface area contributed by atoms with Crippen LogP contribution >= 0.6 is 11.3 Å². The highest BCUT2D eigenvalue weighted by molar-refractivity contribution is 7.14. The smallest absolute Gasteiger partial charge is 0.258 e. The fourth-order valence-electron chi connectivity index (χ4n) is 2.11. The first kappa shape index (κ1) is 16.6. The second-order valence-corrected chi connectivity index (χ2v) is 6.45. The van der Waals surface area contributed by atoms with E-state index < -0.39 is 6.10 Å². The average molecular weight is 319 g/mol. The number of carbonyl (C=O) groups is 1. The SMILES string of the molecule is C[C@@H](CCc1ccc(C(N)=O)s1)NC[C@@H](O)c1cccnc1. The monoisotopic (exact) mass is 319 g/mol. The summed E-state index contributed by atoms with van der Waals surface area (Å²) in [6.45, 7) is 2.57. The summed E-state index contributed by atoms with van der Waals surface area (Å²) in [7, 11) is 0. The lowest BCUT2D eigenvalue weighted by Gasteiger charge is -2.17. The Morgan fingerprint density at radius 2 is 2.27 bits per heavy atom. The molecule has 118 valence electrons. The zero-order chi connectivity index (χ0) is 15.9. The van der Waals surface area contributed by atoms with Crippen LogP contribution < -0.4 is 11.1 Å². The molecule has 4 N–H and O–H groups in total. The first-order valence-electron chi connectivity index (χ1n) is 7.26. The molecule has 1 amide bonds. The second-order valence-electron chi connectivity index (χ2n) is 5.28. The van der Waals surface area contributed by atoms with E-state index in [1.165, 1.54) is 11.3 Å². The molecule has 0 aliphatic heterocycles. The number of primary amides is 1. The minimum absolute atomic E-state index is 0.269. The molecular formula is C16H21N3O2S. The molecule has 6 heteroatoms. The quantitative estimate of drug-likeness (QED) is 0.693. The van der Waals surface area contributed by atoms with E-state index in [9.17, 15) is 9.90 Å². The topological polar surface area (TPSA) is 88.2 Å². The number of pyridine rings is 1. The predicted molar refractivity (Wildman–Crippen MR) is 87.8 cm³/mol. The van der Waals surface area contributed by atoms with Crippen molar-refractivity contribution in [3.63, 3.8) is 0 Å². The van der Waals surface area contributed by atoms with Crippen LogP contribution in [0.5, 0.6) is 0 Å². The normalized spacial score (nSPS) is 13.7. The Hall–Kier alpha value is -1.76. The summed E-state index contributed by atoms with van der Waals surface area (Å²) in [4.78, 5) is 16.8. The van der Waals surface area contributed by atoms with Crippen molar-refractivity contribution in [1.29, 1.82) is 0 Å². The Balaban J connectivity index is 1.73. The summed E-state index contributed by atoms with van der Waals surface area (Å²) < 4.78 is 0. The lowest BCUT2D eigenvalue weighted by molar-refractivity contribution is 0.100. The molecule has 2 atom stereocenters. The molecule has 0 aliphatic carbocycles. The number of hydrogen-bond acceptors (Lipinski definition) is 5. The van der Waals surface area contributed by atoms with Crippen LogP contribution in [0.1, 0.15) is 39.6 Å². The van der Waals surface area contributed by atoms with Crippen LogP contribution in [0.15, 0.2) is 36.7 Å². The van der Waals surface area contributed by atoms with E-state index in [1.54, 1.807) is 18.5 Å². The number of aromatic nitrogens is 1. The van der Waals surface area contributed by atoms with Gasteiger partial charge in [0.05, 0.1) is 11.0 Å². The van der Waals surface area contributed by atoms with Gasteiger partial charge in [0.2, 0.25) is 0 Å². The Bertz CT molecular complexity index is 600. The zero-order valence-corrected chi connectivity index (χ0v) is 13.3. The second kappa shape index (κ2) is 8.03. The van der Waals surface area contributed by atoms with Crippen LogP contribution in [0.3, 0.4) is 0 Å². The van der Waals surface area contributed by atoms with Gasteiger partial charge in [0.15, 0.2) is 0 Å². The number of aliphatic hydroxyl groups is 1. The van der Waals surface area contributed by atoms with Gasteiger partial charge in [-0.05, 0) is 38.0 Å². The van der Waals surface area contributed by atoms with Gasteiger partial charge in [-0.25, -0.2) is 0 Å². The number of carbonyl (C=O) groups excluding carboxylic acids is 1. The zero-order valence-electron chi connectivity index (χ0n) is 12.5. The Kier molecular flexibility index (Phi) is 6.06. The summed E-state index contributed by atoms with van der Waals surface area (Å²) in [6, 6.07) is 7.66. The molecule has 0 aliphatic rings. The molecule has 0 bridgehead atoms. The van der Waals surface area contributed by atoms with Gasteiger partial charge in [0.1, 0.15) is 0 Å². The van der Waals surface area contributed by atoms with E-state index in [-0.39, 0.29) is 11.9 Å². The Labute approximate surface area is 134 Å². The molecule has 0 spiro atoms. The van der Waals surface area contributed by atoms with Gasteiger partial charge in [0.25, 0.3) is 5.91 Å². The summed E-state index contributed by atoms with van der Waals surface area (Å²) in [5.74, 6) is -0.373.